The third kappa shape index (κ3) is 9.37. The molecule has 2 amide bonds. The molecule has 1 fully saturated rings. The standard InChI is InChI=1S/C17H34N4O3.2ClH/c1-13(2)12-15(18)17(23)21-9-7-20(8-10-21)14(3)16(22)19-6-5-11-24-4;;/h13-15H,5-12,18H2,1-4H3,(H,19,22);2*1H/t14?,15-;;/m0../s1. The highest BCUT2D eigenvalue weighted by atomic mass is 35.5. The van der Waals surface area contributed by atoms with Gasteiger partial charge in [-0.2, -0.15) is 0 Å². The molecule has 0 aromatic heterocycles. The Labute approximate surface area is 170 Å². The summed E-state index contributed by atoms with van der Waals surface area (Å²) >= 11 is 0. The summed E-state index contributed by atoms with van der Waals surface area (Å²) < 4.78 is 4.97. The Balaban J connectivity index is 0. The molecule has 0 radical (unpaired) electrons. The topological polar surface area (TPSA) is 87.9 Å². The maximum Gasteiger partial charge on any atom is 0.239 e. The second-order valence-electron chi connectivity index (χ2n) is 6.91. The van der Waals surface area contributed by atoms with Gasteiger partial charge in [0.15, 0.2) is 0 Å². The first-order valence-electron chi connectivity index (χ1n) is 8.91. The summed E-state index contributed by atoms with van der Waals surface area (Å²) in [6.45, 7) is 9.98. The molecule has 2 atom stereocenters. The van der Waals surface area contributed by atoms with Crippen molar-refractivity contribution >= 4 is 36.6 Å². The number of piperazine rings is 1. The van der Waals surface area contributed by atoms with Crippen LogP contribution in [0.1, 0.15) is 33.6 Å². The molecule has 0 aromatic carbocycles. The number of hydrogen-bond acceptors (Lipinski definition) is 5. The van der Waals surface area contributed by atoms with Crippen molar-refractivity contribution in [3.63, 3.8) is 0 Å². The molecule has 1 rings (SSSR count). The van der Waals surface area contributed by atoms with E-state index in [9.17, 15) is 9.59 Å². The van der Waals surface area contributed by atoms with Gasteiger partial charge in [-0.1, -0.05) is 13.8 Å². The van der Waals surface area contributed by atoms with Gasteiger partial charge in [0.2, 0.25) is 11.8 Å². The zero-order chi connectivity index (χ0) is 18.1. The van der Waals surface area contributed by atoms with Crippen LogP contribution in [-0.2, 0) is 14.3 Å². The number of rotatable bonds is 9. The van der Waals surface area contributed by atoms with Crippen LogP contribution in [-0.4, -0.2) is 80.1 Å². The van der Waals surface area contributed by atoms with Crippen LogP contribution >= 0.6 is 24.8 Å². The van der Waals surface area contributed by atoms with Gasteiger partial charge in [0.25, 0.3) is 0 Å². The average molecular weight is 415 g/mol. The summed E-state index contributed by atoms with van der Waals surface area (Å²) in [5.74, 6) is 0.467. The molecule has 7 nitrogen and oxygen atoms in total. The van der Waals surface area contributed by atoms with E-state index >= 15 is 0 Å². The van der Waals surface area contributed by atoms with Crippen LogP contribution in [0, 0.1) is 5.92 Å². The maximum atomic E-state index is 12.3. The Morgan fingerprint density at radius 3 is 2.19 bits per heavy atom. The number of nitrogens with two attached hydrogens (primary N) is 1. The Morgan fingerprint density at radius 2 is 1.69 bits per heavy atom. The molecule has 156 valence electrons. The van der Waals surface area contributed by atoms with E-state index < -0.39 is 6.04 Å². The van der Waals surface area contributed by atoms with Crippen molar-refractivity contribution < 1.29 is 14.3 Å². The van der Waals surface area contributed by atoms with E-state index in [4.69, 9.17) is 10.5 Å². The Morgan fingerprint density at radius 1 is 1.12 bits per heavy atom. The molecule has 1 saturated heterocycles. The van der Waals surface area contributed by atoms with Gasteiger partial charge in [-0.3, -0.25) is 14.5 Å². The fourth-order valence-corrected chi connectivity index (χ4v) is 2.91. The second kappa shape index (κ2) is 14.5. The smallest absolute Gasteiger partial charge is 0.239 e. The maximum absolute atomic E-state index is 12.3. The highest BCUT2D eigenvalue weighted by Crippen LogP contribution is 2.10. The lowest BCUT2D eigenvalue weighted by Crippen LogP contribution is -2.57. The molecule has 0 bridgehead atoms. The number of carbonyl (C=O) groups is 2. The van der Waals surface area contributed by atoms with E-state index in [-0.39, 0.29) is 42.7 Å². The molecule has 0 saturated carbocycles. The predicted molar refractivity (Wildman–Crippen MR) is 109 cm³/mol. The van der Waals surface area contributed by atoms with E-state index in [1.165, 1.54) is 0 Å². The fourth-order valence-electron chi connectivity index (χ4n) is 2.91. The van der Waals surface area contributed by atoms with Crippen LogP contribution in [0.4, 0.5) is 0 Å². The summed E-state index contributed by atoms with van der Waals surface area (Å²) in [4.78, 5) is 28.4. The zero-order valence-electron chi connectivity index (χ0n) is 16.4. The van der Waals surface area contributed by atoms with Crippen molar-refractivity contribution in [3.05, 3.63) is 0 Å². The van der Waals surface area contributed by atoms with Gasteiger partial charge in [-0.05, 0) is 25.7 Å². The van der Waals surface area contributed by atoms with Crippen LogP contribution in [0.5, 0.6) is 0 Å². The third-order valence-corrected chi connectivity index (χ3v) is 4.42. The number of halogens is 2. The summed E-state index contributed by atoms with van der Waals surface area (Å²) in [5.41, 5.74) is 5.99. The average Bonchev–Trinajstić information content (AvgIpc) is 2.56. The number of nitrogens with one attached hydrogen (secondary N) is 1. The number of methoxy groups -OCH3 is 1. The van der Waals surface area contributed by atoms with Crippen molar-refractivity contribution in [3.8, 4) is 0 Å². The number of ether oxygens (including phenoxy) is 1. The first-order chi connectivity index (χ1) is 11.4. The van der Waals surface area contributed by atoms with Crippen molar-refractivity contribution in [2.24, 2.45) is 11.7 Å². The van der Waals surface area contributed by atoms with Crippen LogP contribution in [0.15, 0.2) is 0 Å². The largest absolute Gasteiger partial charge is 0.385 e. The molecule has 0 aromatic rings. The lowest BCUT2D eigenvalue weighted by atomic mass is 10.0. The van der Waals surface area contributed by atoms with Crippen molar-refractivity contribution in [2.45, 2.75) is 45.7 Å². The quantitative estimate of drug-likeness (QED) is 0.546. The zero-order valence-corrected chi connectivity index (χ0v) is 18.0. The third-order valence-electron chi connectivity index (χ3n) is 4.42. The van der Waals surface area contributed by atoms with Crippen molar-refractivity contribution in [1.82, 2.24) is 15.1 Å². The SMILES string of the molecule is COCCCNC(=O)C(C)N1CCN(C(=O)[C@@H](N)CC(C)C)CC1.Cl.Cl. The fraction of sp³-hybridized carbons (Fsp3) is 0.882. The molecule has 3 N–H and O–H groups in total. The molecule has 0 aliphatic carbocycles. The number of hydrogen-bond donors (Lipinski definition) is 2. The predicted octanol–water partition coefficient (Wildman–Crippen LogP) is 0.889. The molecule has 1 heterocycles. The van der Waals surface area contributed by atoms with Crippen LogP contribution < -0.4 is 11.1 Å². The van der Waals surface area contributed by atoms with Gasteiger partial charge in [0.1, 0.15) is 0 Å². The van der Waals surface area contributed by atoms with Crippen LogP contribution in [0.2, 0.25) is 0 Å². The van der Waals surface area contributed by atoms with Gasteiger partial charge in [-0.25, -0.2) is 0 Å². The highest BCUT2D eigenvalue weighted by Gasteiger charge is 2.29. The van der Waals surface area contributed by atoms with Gasteiger partial charge < -0.3 is 20.7 Å². The van der Waals surface area contributed by atoms with Crippen molar-refractivity contribution in [2.75, 3.05) is 46.4 Å². The first-order valence-corrected chi connectivity index (χ1v) is 8.91. The summed E-state index contributed by atoms with van der Waals surface area (Å²) in [6, 6.07) is -0.604. The van der Waals surface area contributed by atoms with E-state index in [2.05, 4.69) is 24.1 Å². The number of amides is 2. The van der Waals surface area contributed by atoms with Crippen LogP contribution in [0.3, 0.4) is 0 Å². The molecule has 26 heavy (non-hydrogen) atoms. The van der Waals surface area contributed by atoms with Crippen molar-refractivity contribution in [1.29, 1.82) is 0 Å². The molecular formula is C17H36Cl2N4O3. The van der Waals surface area contributed by atoms with Gasteiger partial charge in [-0.15, -0.1) is 24.8 Å². The lowest BCUT2D eigenvalue weighted by Gasteiger charge is -2.38. The van der Waals surface area contributed by atoms with Gasteiger partial charge >= 0.3 is 0 Å². The number of nitrogens with zero attached hydrogens (tertiary/aromatic N) is 2. The summed E-state index contributed by atoms with van der Waals surface area (Å²) in [6.07, 6.45) is 1.52. The minimum absolute atomic E-state index is 0. The monoisotopic (exact) mass is 414 g/mol. The molecule has 9 heteroatoms. The molecule has 1 aliphatic heterocycles. The second-order valence-corrected chi connectivity index (χ2v) is 6.91. The first kappa shape index (κ1) is 27.6. The molecule has 1 unspecified atom stereocenters. The summed E-state index contributed by atoms with van der Waals surface area (Å²) in [5, 5.41) is 2.93. The Bertz CT molecular complexity index is 405. The van der Waals surface area contributed by atoms with E-state index in [0.29, 0.717) is 51.7 Å². The van der Waals surface area contributed by atoms with E-state index in [0.717, 1.165) is 6.42 Å². The molecular weight excluding hydrogens is 379 g/mol. The Kier molecular flexibility index (Phi) is 15.4. The summed E-state index contributed by atoms with van der Waals surface area (Å²) in [7, 11) is 1.65. The van der Waals surface area contributed by atoms with Gasteiger partial charge in [0.05, 0.1) is 12.1 Å². The Hall–Kier alpha value is -0.600. The van der Waals surface area contributed by atoms with E-state index in [1.54, 1.807) is 7.11 Å². The lowest BCUT2D eigenvalue weighted by molar-refractivity contribution is -0.135. The minimum Gasteiger partial charge on any atom is -0.385 e. The molecule has 1 aliphatic rings. The van der Waals surface area contributed by atoms with Gasteiger partial charge in [0, 0.05) is 46.4 Å². The van der Waals surface area contributed by atoms with Crippen LogP contribution in [0.25, 0.3) is 0 Å². The highest BCUT2D eigenvalue weighted by molar-refractivity contribution is 5.85. The minimum atomic E-state index is -0.418. The normalized spacial score (nSPS) is 17.1. The van der Waals surface area contributed by atoms with E-state index in [1.807, 2.05) is 11.8 Å². The number of carbonyl (C=O) groups excluding carboxylic acids is 2. The molecule has 0 spiro atoms.